The molecule has 0 aliphatic carbocycles. The number of halogens is 3. The van der Waals surface area contributed by atoms with E-state index in [1.54, 1.807) is 23.4 Å². The summed E-state index contributed by atoms with van der Waals surface area (Å²) in [6, 6.07) is 4.37. The number of hydrazone groups is 1. The van der Waals surface area contributed by atoms with Gasteiger partial charge in [-0.15, -0.1) is 0 Å². The van der Waals surface area contributed by atoms with Crippen molar-refractivity contribution in [3.63, 3.8) is 0 Å². The molecule has 0 spiro atoms. The van der Waals surface area contributed by atoms with Crippen LogP contribution in [0.25, 0.3) is 0 Å². The summed E-state index contributed by atoms with van der Waals surface area (Å²) in [6.45, 7) is 4.08. The maximum atomic E-state index is 14.6. The maximum Gasteiger partial charge on any atom is 0.414 e. The number of Topliss-reactive ketones (excluding diaryl/α,β-unsaturated/α-hetero) is 1. The monoisotopic (exact) mass is 398 g/mol. The highest BCUT2D eigenvalue weighted by atomic mass is 19.3. The minimum Gasteiger partial charge on any atom is -0.444 e. The lowest BCUT2D eigenvalue weighted by atomic mass is 10.1. The van der Waals surface area contributed by atoms with Crippen molar-refractivity contribution in [2.24, 2.45) is 5.10 Å². The summed E-state index contributed by atoms with van der Waals surface area (Å²) in [5.41, 5.74) is 0.646. The van der Waals surface area contributed by atoms with Crippen molar-refractivity contribution < 1.29 is 27.5 Å². The maximum absolute atomic E-state index is 14.6. The number of amides is 1. The minimum atomic E-state index is -3.03. The number of benzene rings is 1. The molecular weight excluding hydrogens is 377 g/mol. The molecule has 2 aliphatic heterocycles. The molecule has 0 N–H and O–H groups in total. The number of cyclic esters (lactones) is 1. The molecule has 3 rings (SSSR count). The van der Waals surface area contributed by atoms with Crippen LogP contribution in [0.5, 0.6) is 0 Å². The molecule has 28 heavy (non-hydrogen) atoms. The van der Waals surface area contributed by atoms with Crippen molar-refractivity contribution in [3.8, 4) is 0 Å². The summed E-state index contributed by atoms with van der Waals surface area (Å²) in [5, 5.41) is 6.08. The Balaban J connectivity index is 1.65. The predicted molar refractivity (Wildman–Crippen MR) is 97.3 cm³/mol. The first-order valence-corrected chi connectivity index (χ1v) is 9.03. The van der Waals surface area contributed by atoms with Crippen molar-refractivity contribution in [3.05, 3.63) is 24.0 Å². The van der Waals surface area contributed by atoms with Crippen LogP contribution in [0.3, 0.4) is 0 Å². The average Bonchev–Trinajstić information content (AvgIpc) is 3.06. The van der Waals surface area contributed by atoms with Crippen LogP contribution in [0.2, 0.25) is 0 Å². The largest absolute Gasteiger partial charge is 0.444 e. The molecule has 0 aromatic heterocycles. The molecule has 152 valence electrons. The first-order valence-electron chi connectivity index (χ1n) is 9.03. The molecule has 1 amide bonds. The second kappa shape index (κ2) is 8.49. The van der Waals surface area contributed by atoms with Crippen molar-refractivity contribution in [1.29, 1.82) is 0 Å². The van der Waals surface area contributed by atoms with Crippen LogP contribution in [0.4, 0.5) is 29.3 Å². The van der Waals surface area contributed by atoms with Gasteiger partial charge in [-0.2, -0.15) is 5.10 Å². The van der Waals surface area contributed by atoms with E-state index < -0.39 is 30.2 Å². The standard InChI is InChI=1S/C18H21F3N4O3/c1-2-24-8-7-23(11-22-24)15-5-3-12(9-14(15)19)25-10-13(28-18(25)27)4-6-16(26)17(20)21/h3,5,9,11,13,17H,2,4,6-8,10H2,1H3/t13-/m0/s1. The fourth-order valence-corrected chi connectivity index (χ4v) is 3.09. The van der Waals surface area contributed by atoms with Gasteiger partial charge in [-0.1, -0.05) is 0 Å². The Hall–Kier alpha value is -2.78. The quantitative estimate of drug-likeness (QED) is 0.707. The summed E-state index contributed by atoms with van der Waals surface area (Å²) in [5.74, 6) is -1.70. The number of nitrogens with zero attached hydrogens (tertiary/aromatic N) is 4. The van der Waals surface area contributed by atoms with E-state index in [9.17, 15) is 22.8 Å². The number of ether oxygens (including phenoxy) is 1. The van der Waals surface area contributed by atoms with Gasteiger partial charge in [0.05, 0.1) is 24.5 Å². The fraction of sp³-hybridized carbons (Fsp3) is 0.500. The normalized spacial score (nSPS) is 19.5. The molecule has 1 aromatic carbocycles. The number of anilines is 2. The van der Waals surface area contributed by atoms with Gasteiger partial charge >= 0.3 is 6.09 Å². The molecule has 2 heterocycles. The zero-order valence-electron chi connectivity index (χ0n) is 15.4. The fourth-order valence-electron chi connectivity index (χ4n) is 3.09. The van der Waals surface area contributed by atoms with Crippen LogP contribution < -0.4 is 9.80 Å². The van der Waals surface area contributed by atoms with Crippen LogP contribution >= 0.6 is 0 Å². The van der Waals surface area contributed by atoms with E-state index in [4.69, 9.17) is 4.74 Å². The molecule has 1 fully saturated rings. The minimum absolute atomic E-state index is 0.00412. The Morgan fingerprint density at radius 2 is 2.14 bits per heavy atom. The second-order valence-corrected chi connectivity index (χ2v) is 6.53. The van der Waals surface area contributed by atoms with E-state index in [1.165, 1.54) is 11.0 Å². The average molecular weight is 398 g/mol. The van der Waals surface area contributed by atoms with Gasteiger partial charge in [0.15, 0.2) is 5.78 Å². The lowest BCUT2D eigenvalue weighted by molar-refractivity contribution is -0.129. The number of rotatable bonds is 7. The van der Waals surface area contributed by atoms with Gasteiger partial charge < -0.3 is 9.64 Å². The van der Waals surface area contributed by atoms with E-state index in [0.29, 0.717) is 24.5 Å². The zero-order valence-corrected chi connectivity index (χ0v) is 15.4. The van der Waals surface area contributed by atoms with Crippen LogP contribution in [-0.2, 0) is 9.53 Å². The molecule has 1 atom stereocenters. The van der Waals surface area contributed by atoms with Crippen LogP contribution in [0, 0.1) is 5.82 Å². The lowest BCUT2D eigenvalue weighted by Gasteiger charge is -2.29. The van der Waals surface area contributed by atoms with Crippen molar-refractivity contribution in [1.82, 2.24) is 5.01 Å². The topological polar surface area (TPSA) is 65.4 Å². The highest BCUT2D eigenvalue weighted by Crippen LogP contribution is 2.29. The molecule has 1 saturated heterocycles. The van der Waals surface area contributed by atoms with Crippen molar-refractivity contribution >= 4 is 29.6 Å². The molecule has 0 radical (unpaired) electrons. The van der Waals surface area contributed by atoms with Gasteiger partial charge in [-0.25, -0.2) is 18.0 Å². The van der Waals surface area contributed by atoms with Gasteiger partial charge in [0.2, 0.25) is 0 Å². The highest BCUT2D eigenvalue weighted by Gasteiger charge is 2.33. The molecule has 7 nitrogen and oxygen atoms in total. The third-order valence-electron chi connectivity index (χ3n) is 4.70. The number of likely N-dealkylation sites (N-methyl/N-ethyl adjacent to an activating group) is 1. The van der Waals surface area contributed by atoms with Gasteiger partial charge in [0.25, 0.3) is 6.43 Å². The van der Waals surface area contributed by atoms with Crippen LogP contribution in [0.15, 0.2) is 23.3 Å². The highest BCUT2D eigenvalue weighted by molar-refractivity contribution is 5.90. The Bertz CT molecular complexity index is 774. The molecular formula is C18H21F3N4O3. The van der Waals surface area contributed by atoms with Crippen LogP contribution in [-0.4, -0.2) is 61.9 Å². The first-order chi connectivity index (χ1) is 13.4. The van der Waals surface area contributed by atoms with Gasteiger partial charge in [0.1, 0.15) is 18.3 Å². The van der Waals surface area contributed by atoms with E-state index >= 15 is 0 Å². The van der Waals surface area contributed by atoms with Gasteiger partial charge in [-0.3, -0.25) is 14.7 Å². The molecule has 0 bridgehead atoms. The van der Waals surface area contributed by atoms with E-state index in [-0.39, 0.29) is 19.4 Å². The lowest BCUT2D eigenvalue weighted by Crippen LogP contribution is -2.38. The number of carbonyl (C=O) groups excluding carboxylic acids is 2. The summed E-state index contributed by atoms with van der Waals surface area (Å²) in [7, 11) is 0. The van der Waals surface area contributed by atoms with E-state index in [2.05, 4.69) is 5.10 Å². The molecule has 2 aliphatic rings. The van der Waals surface area contributed by atoms with Crippen LogP contribution in [0.1, 0.15) is 19.8 Å². The smallest absolute Gasteiger partial charge is 0.414 e. The Morgan fingerprint density at radius 1 is 1.36 bits per heavy atom. The molecule has 0 unspecified atom stereocenters. The third kappa shape index (κ3) is 4.37. The SMILES string of the molecule is CCN1CCN(c2ccc(N3C[C@H](CCC(=O)C(F)F)OC3=O)cc2F)C=N1. The zero-order chi connectivity index (χ0) is 20.3. The summed E-state index contributed by atoms with van der Waals surface area (Å²) in [4.78, 5) is 26.0. The number of carbonyl (C=O) groups is 2. The predicted octanol–water partition coefficient (Wildman–Crippen LogP) is 2.85. The number of alkyl halides is 2. The van der Waals surface area contributed by atoms with Crippen molar-refractivity contribution in [2.75, 3.05) is 36.0 Å². The second-order valence-electron chi connectivity index (χ2n) is 6.53. The number of hydrogen-bond donors (Lipinski definition) is 0. The molecule has 10 heteroatoms. The summed E-state index contributed by atoms with van der Waals surface area (Å²) in [6.07, 6.45) is -3.22. The van der Waals surface area contributed by atoms with E-state index in [0.717, 1.165) is 6.54 Å². The number of hydrogen-bond acceptors (Lipinski definition) is 6. The van der Waals surface area contributed by atoms with Gasteiger partial charge in [0, 0.05) is 19.5 Å². The molecule has 1 aromatic rings. The van der Waals surface area contributed by atoms with Crippen molar-refractivity contribution in [2.45, 2.75) is 32.3 Å². The first kappa shape index (κ1) is 20.0. The number of ketones is 1. The third-order valence-corrected chi connectivity index (χ3v) is 4.70. The van der Waals surface area contributed by atoms with E-state index in [1.807, 2.05) is 11.9 Å². The Labute approximate surface area is 160 Å². The molecule has 0 saturated carbocycles. The summed E-state index contributed by atoms with van der Waals surface area (Å²) >= 11 is 0. The Morgan fingerprint density at radius 3 is 2.75 bits per heavy atom. The summed E-state index contributed by atoms with van der Waals surface area (Å²) < 4.78 is 44.3. The van der Waals surface area contributed by atoms with Gasteiger partial charge in [-0.05, 0) is 31.5 Å². The Kier molecular flexibility index (Phi) is 6.05.